The van der Waals surface area contributed by atoms with Crippen molar-refractivity contribution in [3.05, 3.63) is 79.9 Å². The number of nitro groups is 1. The Balaban J connectivity index is 1.91. The second kappa shape index (κ2) is 15.4. The molecule has 5 bridgehead atoms. The average Bonchev–Trinajstić information content (AvgIpc) is 3.36. The highest BCUT2D eigenvalue weighted by atomic mass is 16.7. The maximum absolute atomic E-state index is 14.0. The van der Waals surface area contributed by atoms with Gasteiger partial charge in [0.25, 0.3) is 17.5 Å². The number of esters is 1. The molecule has 16 nitrogen and oxygen atoms in total. The number of ketones is 3. The highest BCUT2D eigenvalue weighted by Crippen LogP contribution is 2.48. The molecule has 0 saturated carbocycles. The van der Waals surface area contributed by atoms with Gasteiger partial charge in [-0.25, -0.2) is 0 Å². The van der Waals surface area contributed by atoms with Crippen molar-refractivity contribution in [1.82, 2.24) is 5.32 Å². The van der Waals surface area contributed by atoms with Gasteiger partial charge in [0.05, 0.1) is 46.2 Å². The number of nitrogens with one attached hydrogen (secondary N) is 1. The highest BCUT2D eigenvalue weighted by Gasteiger charge is 2.54. The van der Waals surface area contributed by atoms with Crippen LogP contribution in [0.2, 0.25) is 0 Å². The third kappa shape index (κ3) is 7.39. The lowest BCUT2D eigenvalue weighted by atomic mass is 9.78. The number of rotatable bonds is 3. The minimum absolute atomic E-state index is 0.0647. The number of phenolic OH excluding ortho intramolecular Hbond substituents is 1. The fourth-order valence-electron chi connectivity index (χ4n) is 6.85. The Kier molecular flexibility index (Phi) is 11.8. The van der Waals surface area contributed by atoms with Crippen LogP contribution in [0.25, 0.3) is 0 Å². The number of nitrogens with zero attached hydrogens (tertiary/aromatic N) is 1. The number of benzene rings is 1. The summed E-state index contributed by atoms with van der Waals surface area (Å²) in [5.41, 5.74) is -4.63. The van der Waals surface area contributed by atoms with Crippen molar-refractivity contribution in [2.24, 2.45) is 23.7 Å². The van der Waals surface area contributed by atoms with E-state index in [4.69, 9.17) is 18.9 Å². The van der Waals surface area contributed by atoms with E-state index in [0.717, 1.165) is 6.26 Å². The van der Waals surface area contributed by atoms with E-state index in [9.17, 15) is 49.4 Å². The summed E-state index contributed by atoms with van der Waals surface area (Å²) in [5.74, 6) is -11.5. The molecule has 9 unspecified atom stereocenters. The molecule has 3 heterocycles. The van der Waals surface area contributed by atoms with Crippen LogP contribution >= 0.6 is 0 Å². The first kappa shape index (κ1) is 40.6. The number of phenols is 1. The second-order valence-electron chi connectivity index (χ2n) is 13.8. The number of Topliss-reactive ketones (excluding diaryl/α,β-unsaturated/α-hetero) is 3. The number of aliphatic hydroxyl groups is 2. The molecule has 16 heteroatoms. The molecule has 9 atom stereocenters. The first-order valence-electron chi connectivity index (χ1n) is 16.9. The number of carbonyl (C=O) groups excluding carboxylic acids is 5. The fourth-order valence-corrected chi connectivity index (χ4v) is 6.85. The highest BCUT2D eigenvalue weighted by molar-refractivity contribution is 6.32. The maximum atomic E-state index is 14.0. The second-order valence-corrected chi connectivity index (χ2v) is 13.8. The van der Waals surface area contributed by atoms with Crippen molar-refractivity contribution in [2.75, 3.05) is 7.11 Å². The number of aromatic hydroxyl groups is 1. The Bertz CT molecular complexity index is 1880. The lowest BCUT2D eigenvalue weighted by Gasteiger charge is -2.38. The number of fused-ring (bicyclic) bond motifs is 14. The zero-order valence-electron chi connectivity index (χ0n) is 30.8. The van der Waals surface area contributed by atoms with Gasteiger partial charge in [-0.05, 0) is 19.9 Å². The van der Waals surface area contributed by atoms with Crippen molar-refractivity contribution < 1.29 is 63.2 Å². The summed E-state index contributed by atoms with van der Waals surface area (Å²) in [7, 11) is 1.37. The molecular formula is C37H44N2O14. The van der Waals surface area contributed by atoms with E-state index in [-0.39, 0.29) is 16.9 Å². The molecule has 0 saturated heterocycles. The Hall–Kier alpha value is -5.19. The smallest absolute Gasteiger partial charge is 0.344 e. The van der Waals surface area contributed by atoms with E-state index in [1.165, 1.54) is 53.0 Å². The predicted octanol–water partition coefficient (Wildman–Crippen LogP) is 3.23. The van der Waals surface area contributed by atoms with Crippen LogP contribution in [-0.2, 0) is 23.8 Å². The maximum Gasteiger partial charge on any atom is 0.344 e. The Morgan fingerprint density at radius 3 is 2.19 bits per heavy atom. The number of carbonyl (C=O) groups is 5. The summed E-state index contributed by atoms with van der Waals surface area (Å²) < 4.78 is 22.9. The Morgan fingerprint density at radius 1 is 0.962 bits per heavy atom. The van der Waals surface area contributed by atoms with Gasteiger partial charge in [-0.15, -0.1) is 0 Å². The van der Waals surface area contributed by atoms with Crippen LogP contribution in [0.1, 0.15) is 85.1 Å². The van der Waals surface area contributed by atoms with Gasteiger partial charge in [0.1, 0.15) is 17.6 Å². The molecular weight excluding hydrogens is 696 g/mol. The van der Waals surface area contributed by atoms with Gasteiger partial charge in [-0.1, -0.05) is 45.9 Å². The minimum atomic E-state index is -2.22. The topological polar surface area (TPSA) is 238 Å². The summed E-state index contributed by atoms with van der Waals surface area (Å²) in [5, 5.41) is 48.1. The predicted molar refractivity (Wildman–Crippen MR) is 185 cm³/mol. The third-order valence-corrected chi connectivity index (χ3v) is 10.1. The van der Waals surface area contributed by atoms with Crippen LogP contribution in [0.3, 0.4) is 0 Å². The lowest BCUT2D eigenvalue weighted by molar-refractivity contribution is -0.417. The van der Waals surface area contributed by atoms with E-state index in [2.05, 4.69) is 5.32 Å². The van der Waals surface area contributed by atoms with Crippen LogP contribution in [0.15, 0.2) is 47.5 Å². The molecule has 53 heavy (non-hydrogen) atoms. The van der Waals surface area contributed by atoms with Gasteiger partial charge in [0, 0.05) is 55.8 Å². The van der Waals surface area contributed by atoms with Crippen LogP contribution in [0.5, 0.6) is 11.5 Å². The summed E-state index contributed by atoms with van der Waals surface area (Å²) in [6.07, 6.45) is 2.61. The number of hydrogen-bond acceptors (Lipinski definition) is 14. The number of allylic oxidation sites excluding steroid dienone is 4. The molecule has 1 aromatic carbocycles. The first-order valence-corrected chi connectivity index (χ1v) is 16.9. The van der Waals surface area contributed by atoms with E-state index < -0.39 is 122 Å². The average molecular weight is 741 g/mol. The molecule has 286 valence electrons. The van der Waals surface area contributed by atoms with E-state index in [0.29, 0.717) is 0 Å². The molecule has 0 aromatic heterocycles. The third-order valence-electron chi connectivity index (χ3n) is 10.1. The van der Waals surface area contributed by atoms with Gasteiger partial charge < -0.3 is 39.6 Å². The monoisotopic (exact) mass is 740 g/mol. The molecule has 1 amide bonds. The number of methoxy groups -OCH3 is 1. The Labute approximate surface area is 305 Å². The molecule has 5 rings (SSSR count). The van der Waals surface area contributed by atoms with Crippen molar-refractivity contribution >= 4 is 29.2 Å². The quantitative estimate of drug-likeness (QED) is 0.198. The molecule has 4 N–H and O–H groups in total. The first-order chi connectivity index (χ1) is 24.7. The van der Waals surface area contributed by atoms with Crippen molar-refractivity contribution in [2.45, 2.75) is 85.6 Å². The molecule has 1 aromatic rings. The molecule has 3 aliphatic heterocycles. The fraction of sp³-hybridized carbons (Fsp3) is 0.486. The van der Waals surface area contributed by atoms with Crippen molar-refractivity contribution in [3.63, 3.8) is 0 Å². The Morgan fingerprint density at radius 2 is 1.60 bits per heavy atom. The lowest BCUT2D eigenvalue weighted by Crippen LogP contribution is -2.46. The number of ether oxygens (including phenoxy) is 4. The van der Waals surface area contributed by atoms with E-state index >= 15 is 0 Å². The summed E-state index contributed by atoms with van der Waals surface area (Å²) in [6, 6.07) is 0. The van der Waals surface area contributed by atoms with Gasteiger partial charge in [0.15, 0.2) is 5.70 Å². The largest absolute Gasteiger partial charge is 0.507 e. The van der Waals surface area contributed by atoms with Crippen LogP contribution < -0.4 is 10.1 Å². The van der Waals surface area contributed by atoms with Crippen LogP contribution in [0.4, 0.5) is 0 Å². The molecule has 0 radical (unpaired) electrons. The standard InChI is InChI=1S/C37H44N2O14/c1-15-11-10-12-16(2)36(47)38-26-27(39(48)49)32(45)23-24(31(26)44)30(43)20(6)34-25(23)35(46)37(8,53-34)51-14-13-22(50-9)17(3)33(52-21(7)40)19(5)29(42)18(4)28(15)41/h10-15,17-19,22,28-29,33,41-43H,1-9H3,(H,38,47)/b11-10+,14-13+,16-12-. The van der Waals surface area contributed by atoms with Gasteiger partial charge in [-0.2, -0.15) is 0 Å². The van der Waals surface area contributed by atoms with Gasteiger partial charge in [-0.3, -0.25) is 34.1 Å². The summed E-state index contributed by atoms with van der Waals surface area (Å²) in [4.78, 5) is 78.2. The minimum Gasteiger partial charge on any atom is -0.507 e. The molecule has 1 aliphatic carbocycles. The summed E-state index contributed by atoms with van der Waals surface area (Å²) >= 11 is 0. The van der Waals surface area contributed by atoms with Crippen molar-refractivity contribution in [3.8, 4) is 11.5 Å². The SMILES string of the molecule is COC1/C=C/OC2(C)Oc3c(C)c(O)c4c(c3C2=O)C(=O)C([N+](=O)[O-])=C(NC(=O)/C(C)=C\C=C\C(C)C(O)C(C)C(O)C(C)C(OC(C)=O)C1C)C4=O. The van der Waals surface area contributed by atoms with E-state index in [1.54, 1.807) is 33.8 Å². The zero-order valence-corrected chi connectivity index (χ0v) is 30.8. The van der Waals surface area contributed by atoms with Gasteiger partial charge in [0.2, 0.25) is 5.78 Å². The number of aliphatic hydroxyl groups excluding tert-OH is 2. The summed E-state index contributed by atoms with van der Waals surface area (Å²) in [6.45, 7) is 11.7. The molecule has 0 spiro atoms. The van der Waals surface area contributed by atoms with E-state index in [1.807, 2.05) is 0 Å². The molecule has 4 aliphatic rings. The molecule has 0 fully saturated rings. The van der Waals surface area contributed by atoms with Crippen molar-refractivity contribution in [1.29, 1.82) is 0 Å². The zero-order chi connectivity index (χ0) is 39.9. The normalized spacial score (nSPS) is 33.3. The number of hydrogen-bond donors (Lipinski definition) is 4. The van der Waals surface area contributed by atoms with Crippen LogP contribution in [-0.4, -0.2) is 86.8 Å². The van der Waals surface area contributed by atoms with Crippen LogP contribution in [0, 0.1) is 40.7 Å². The van der Waals surface area contributed by atoms with Gasteiger partial charge >= 0.3 is 17.5 Å². The number of amides is 1.